The van der Waals surface area contributed by atoms with Crippen molar-refractivity contribution in [2.75, 3.05) is 0 Å². The zero-order valence-electron chi connectivity index (χ0n) is 5.52. The topological polar surface area (TPSA) is 48.6 Å². The summed E-state index contributed by atoms with van der Waals surface area (Å²) in [6.45, 7) is 0. The minimum Gasteiger partial charge on any atom is -0.335 e. The van der Waals surface area contributed by atoms with Crippen LogP contribution in [0.4, 0.5) is 0 Å². The molecule has 56 valence electrons. The minimum absolute atomic E-state index is 0.0909. The lowest BCUT2D eigenvalue weighted by atomic mass is 10.3. The molecule has 0 aliphatic heterocycles. The van der Waals surface area contributed by atoms with E-state index in [0.29, 0.717) is 0 Å². The molecule has 0 bridgehead atoms. The Bertz CT molecular complexity index is 443. The second-order valence-electron chi connectivity index (χ2n) is 2.27. The molecule has 2 heterocycles. The van der Waals surface area contributed by atoms with Crippen molar-refractivity contribution >= 4 is 27.0 Å². The van der Waals surface area contributed by atoms with Crippen molar-refractivity contribution in [2.24, 2.45) is 0 Å². The van der Waals surface area contributed by atoms with Gasteiger partial charge in [-0.15, -0.1) is 0 Å². The van der Waals surface area contributed by atoms with Crippen molar-refractivity contribution in [3.63, 3.8) is 0 Å². The molecule has 2 aromatic rings. The SMILES string of the molecule is O=c1ccc2cc(Br)[nH]c2[nH]1. The van der Waals surface area contributed by atoms with Crippen LogP contribution in [0.5, 0.6) is 0 Å². The average molecular weight is 213 g/mol. The van der Waals surface area contributed by atoms with Crippen LogP contribution in [-0.4, -0.2) is 9.97 Å². The van der Waals surface area contributed by atoms with E-state index in [9.17, 15) is 4.79 Å². The van der Waals surface area contributed by atoms with Crippen LogP contribution < -0.4 is 5.56 Å². The summed E-state index contributed by atoms with van der Waals surface area (Å²) in [6, 6.07) is 5.18. The van der Waals surface area contributed by atoms with Crippen LogP contribution in [0.1, 0.15) is 0 Å². The van der Waals surface area contributed by atoms with Gasteiger partial charge in [0.2, 0.25) is 5.56 Å². The lowest BCUT2D eigenvalue weighted by Crippen LogP contribution is -2.01. The van der Waals surface area contributed by atoms with Crippen LogP contribution in [0.2, 0.25) is 0 Å². The monoisotopic (exact) mass is 212 g/mol. The summed E-state index contributed by atoms with van der Waals surface area (Å²) >= 11 is 3.27. The predicted molar refractivity (Wildman–Crippen MR) is 46.6 cm³/mol. The normalized spacial score (nSPS) is 10.6. The summed E-state index contributed by atoms with van der Waals surface area (Å²) in [5.41, 5.74) is 0.663. The van der Waals surface area contributed by atoms with Gasteiger partial charge < -0.3 is 9.97 Å². The van der Waals surface area contributed by atoms with Gasteiger partial charge in [-0.2, -0.15) is 0 Å². The molecule has 0 amide bonds. The molecule has 0 saturated carbocycles. The fourth-order valence-electron chi connectivity index (χ4n) is 1.00. The van der Waals surface area contributed by atoms with Crippen molar-refractivity contribution in [2.45, 2.75) is 0 Å². The first kappa shape index (κ1) is 6.67. The Kier molecular flexibility index (Phi) is 1.35. The Hall–Kier alpha value is -1.03. The Morgan fingerprint density at radius 1 is 1.27 bits per heavy atom. The molecule has 0 aliphatic rings. The smallest absolute Gasteiger partial charge is 0.249 e. The van der Waals surface area contributed by atoms with E-state index in [1.54, 1.807) is 6.07 Å². The number of aromatic amines is 2. The summed E-state index contributed by atoms with van der Waals surface area (Å²) in [5.74, 6) is 0. The molecule has 11 heavy (non-hydrogen) atoms. The maximum Gasteiger partial charge on any atom is 0.249 e. The van der Waals surface area contributed by atoms with Gasteiger partial charge in [-0.1, -0.05) is 0 Å². The second-order valence-corrected chi connectivity index (χ2v) is 3.12. The molecule has 2 aromatic heterocycles. The van der Waals surface area contributed by atoms with Crippen LogP contribution in [0, 0.1) is 0 Å². The second kappa shape index (κ2) is 2.23. The van der Waals surface area contributed by atoms with E-state index < -0.39 is 0 Å². The van der Waals surface area contributed by atoms with E-state index in [1.165, 1.54) is 6.07 Å². The maximum atomic E-state index is 10.8. The molecule has 0 aromatic carbocycles. The van der Waals surface area contributed by atoms with Gasteiger partial charge in [0.25, 0.3) is 0 Å². The molecule has 2 rings (SSSR count). The van der Waals surface area contributed by atoms with Crippen LogP contribution in [0.15, 0.2) is 27.6 Å². The summed E-state index contributed by atoms with van der Waals surface area (Å²) in [5, 5.41) is 0.997. The molecular weight excluding hydrogens is 208 g/mol. The predicted octanol–water partition coefficient (Wildman–Crippen LogP) is 1.62. The van der Waals surface area contributed by atoms with E-state index in [1.807, 2.05) is 6.07 Å². The van der Waals surface area contributed by atoms with Crippen LogP contribution in [0.25, 0.3) is 11.0 Å². The quantitative estimate of drug-likeness (QED) is 0.686. The third-order valence-corrected chi connectivity index (χ3v) is 1.90. The van der Waals surface area contributed by atoms with Gasteiger partial charge in [-0.25, -0.2) is 0 Å². The number of fused-ring (bicyclic) bond motifs is 1. The van der Waals surface area contributed by atoms with Crippen molar-refractivity contribution < 1.29 is 0 Å². The molecule has 0 spiro atoms. The molecule has 0 aliphatic carbocycles. The van der Waals surface area contributed by atoms with Crippen molar-refractivity contribution in [3.05, 3.63) is 33.2 Å². The highest BCUT2D eigenvalue weighted by Crippen LogP contribution is 2.14. The van der Waals surface area contributed by atoms with Gasteiger partial charge in [0.1, 0.15) is 5.65 Å². The number of H-pyrrole nitrogens is 2. The van der Waals surface area contributed by atoms with E-state index in [2.05, 4.69) is 25.9 Å². The van der Waals surface area contributed by atoms with Gasteiger partial charge in [-0.3, -0.25) is 4.79 Å². The van der Waals surface area contributed by atoms with E-state index in [4.69, 9.17) is 0 Å². The van der Waals surface area contributed by atoms with Crippen molar-refractivity contribution in [3.8, 4) is 0 Å². The zero-order chi connectivity index (χ0) is 7.84. The minimum atomic E-state index is -0.0909. The van der Waals surface area contributed by atoms with Gasteiger partial charge in [0, 0.05) is 11.5 Å². The van der Waals surface area contributed by atoms with Gasteiger partial charge in [0.05, 0.1) is 4.60 Å². The van der Waals surface area contributed by atoms with E-state index >= 15 is 0 Å². The standard InChI is InChI=1S/C7H5BrN2O/c8-5-3-4-1-2-6(11)10-7(4)9-5/h1-3H,(H2,9,10,11). The lowest BCUT2D eigenvalue weighted by molar-refractivity contribution is 1.25. The van der Waals surface area contributed by atoms with Gasteiger partial charge in [-0.05, 0) is 28.1 Å². The summed E-state index contributed by atoms with van der Waals surface area (Å²) in [7, 11) is 0. The molecule has 3 nitrogen and oxygen atoms in total. The third kappa shape index (κ3) is 1.09. The van der Waals surface area contributed by atoms with E-state index in [-0.39, 0.29) is 5.56 Å². The van der Waals surface area contributed by atoms with E-state index in [0.717, 1.165) is 15.6 Å². The van der Waals surface area contributed by atoms with Gasteiger partial charge >= 0.3 is 0 Å². The first-order valence-corrected chi connectivity index (χ1v) is 3.92. The van der Waals surface area contributed by atoms with Crippen molar-refractivity contribution in [1.29, 1.82) is 0 Å². The maximum absolute atomic E-state index is 10.8. The highest BCUT2D eigenvalue weighted by molar-refractivity contribution is 9.10. The number of halogens is 1. The van der Waals surface area contributed by atoms with Crippen LogP contribution >= 0.6 is 15.9 Å². The number of nitrogens with one attached hydrogen (secondary N) is 2. The third-order valence-electron chi connectivity index (χ3n) is 1.48. The van der Waals surface area contributed by atoms with Crippen LogP contribution in [-0.2, 0) is 0 Å². The molecule has 0 fully saturated rings. The summed E-state index contributed by atoms with van der Waals surface area (Å²) < 4.78 is 0.870. The Labute approximate surface area is 70.6 Å². The van der Waals surface area contributed by atoms with Crippen LogP contribution in [0.3, 0.4) is 0 Å². The number of rotatable bonds is 0. The fourth-order valence-corrected chi connectivity index (χ4v) is 1.45. The highest BCUT2D eigenvalue weighted by Gasteiger charge is 1.96. The molecule has 4 heteroatoms. The number of hydrogen-bond acceptors (Lipinski definition) is 1. The van der Waals surface area contributed by atoms with Gasteiger partial charge in [0.15, 0.2) is 0 Å². The highest BCUT2D eigenvalue weighted by atomic mass is 79.9. The lowest BCUT2D eigenvalue weighted by Gasteiger charge is -1.84. The Morgan fingerprint density at radius 3 is 2.91 bits per heavy atom. The molecular formula is C7H5BrN2O. The summed E-state index contributed by atoms with van der Waals surface area (Å²) in [6.07, 6.45) is 0. The molecule has 0 radical (unpaired) electrons. The molecule has 0 unspecified atom stereocenters. The number of pyridine rings is 1. The zero-order valence-corrected chi connectivity index (χ0v) is 7.10. The largest absolute Gasteiger partial charge is 0.335 e. The molecule has 0 saturated heterocycles. The average Bonchev–Trinajstić information content (AvgIpc) is 2.27. The Morgan fingerprint density at radius 2 is 2.09 bits per heavy atom. The number of aromatic nitrogens is 2. The number of hydrogen-bond donors (Lipinski definition) is 2. The first-order valence-electron chi connectivity index (χ1n) is 3.13. The first-order chi connectivity index (χ1) is 5.25. The summed E-state index contributed by atoms with van der Waals surface area (Å²) in [4.78, 5) is 16.4. The molecule has 2 N–H and O–H groups in total. The molecule has 0 atom stereocenters. The van der Waals surface area contributed by atoms with Crippen molar-refractivity contribution in [1.82, 2.24) is 9.97 Å². The Balaban J connectivity index is 2.92. The fraction of sp³-hybridized carbons (Fsp3) is 0.